The maximum absolute atomic E-state index is 10.9. The van der Waals surface area contributed by atoms with Gasteiger partial charge in [-0.3, -0.25) is 4.79 Å². The third-order valence-corrected chi connectivity index (χ3v) is 2.98. The predicted octanol–water partition coefficient (Wildman–Crippen LogP) is 2.62. The van der Waals surface area contributed by atoms with Crippen molar-refractivity contribution in [2.24, 2.45) is 17.3 Å². The molecule has 0 saturated heterocycles. The van der Waals surface area contributed by atoms with Gasteiger partial charge in [0.1, 0.15) is 0 Å². The summed E-state index contributed by atoms with van der Waals surface area (Å²) in [6.07, 6.45) is 2.89. The summed E-state index contributed by atoms with van der Waals surface area (Å²) in [5.41, 5.74) is 0.417. The molecule has 0 N–H and O–H groups in total. The molecule has 1 saturated carbocycles. The SMILES string of the molecule is COC(=O)CC[C@@H]1C[C@H]1C(C)(C)C. The second-order valence-electron chi connectivity index (χ2n) is 5.08. The van der Waals surface area contributed by atoms with E-state index in [1.165, 1.54) is 13.5 Å². The number of hydrogen-bond acceptors (Lipinski definition) is 2. The molecular weight excluding hydrogens is 164 g/mol. The molecule has 0 aromatic heterocycles. The second-order valence-corrected chi connectivity index (χ2v) is 5.08. The normalized spacial score (nSPS) is 27.1. The van der Waals surface area contributed by atoms with Crippen LogP contribution in [-0.4, -0.2) is 13.1 Å². The Morgan fingerprint density at radius 2 is 2.08 bits per heavy atom. The fraction of sp³-hybridized carbons (Fsp3) is 0.909. The van der Waals surface area contributed by atoms with Gasteiger partial charge in [0.2, 0.25) is 0 Å². The summed E-state index contributed by atoms with van der Waals surface area (Å²) in [6, 6.07) is 0. The minimum Gasteiger partial charge on any atom is -0.469 e. The minimum absolute atomic E-state index is 0.0699. The molecule has 0 aromatic carbocycles. The Morgan fingerprint density at radius 3 is 2.46 bits per heavy atom. The number of methoxy groups -OCH3 is 1. The fourth-order valence-corrected chi connectivity index (χ4v) is 2.03. The van der Waals surface area contributed by atoms with Crippen molar-refractivity contribution in [3.8, 4) is 0 Å². The molecule has 2 nitrogen and oxygen atoms in total. The monoisotopic (exact) mass is 184 g/mol. The number of esters is 1. The van der Waals surface area contributed by atoms with Crippen molar-refractivity contribution in [1.29, 1.82) is 0 Å². The smallest absolute Gasteiger partial charge is 0.305 e. The van der Waals surface area contributed by atoms with Crippen LogP contribution >= 0.6 is 0 Å². The average molecular weight is 184 g/mol. The highest BCUT2D eigenvalue weighted by Crippen LogP contribution is 2.52. The van der Waals surface area contributed by atoms with Gasteiger partial charge >= 0.3 is 5.97 Å². The average Bonchev–Trinajstić information content (AvgIpc) is 2.78. The molecule has 0 unspecified atom stereocenters. The van der Waals surface area contributed by atoms with E-state index in [1.54, 1.807) is 0 Å². The summed E-state index contributed by atoms with van der Waals surface area (Å²) in [7, 11) is 1.45. The van der Waals surface area contributed by atoms with Gasteiger partial charge in [0.05, 0.1) is 7.11 Å². The summed E-state index contributed by atoms with van der Waals surface area (Å²) in [5.74, 6) is 1.51. The van der Waals surface area contributed by atoms with Gasteiger partial charge in [-0.05, 0) is 30.1 Å². The lowest BCUT2D eigenvalue weighted by Crippen LogP contribution is -2.10. The lowest BCUT2D eigenvalue weighted by molar-refractivity contribution is -0.140. The third-order valence-electron chi connectivity index (χ3n) is 2.98. The summed E-state index contributed by atoms with van der Waals surface area (Å²) in [4.78, 5) is 10.9. The van der Waals surface area contributed by atoms with Crippen LogP contribution in [0.5, 0.6) is 0 Å². The molecule has 0 amide bonds. The van der Waals surface area contributed by atoms with Crippen molar-refractivity contribution < 1.29 is 9.53 Å². The first-order chi connectivity index (χ1) is 5.95. The number of rotatable bonds is 3. The second kappa shape index (κ2) is 3.69. The van der Waals surface area contributed by atoms with Gasteiger partial charge in [-0.25, -0.2) is 0 Å². The summed E-state index contributed by atoms with van der Waals surface area (Å²) in [5, 5.41) is 0. The molecule has 0 radical (unpaired) electrons. The quantitative estimate of drug-likeness (QED) is 0.630. The Balaban J connectivity index is 2.18. The zero-order chi connectivity index (χ0) is 10.1. The summed E-state index contributed by atoms with van der Waals surface area (Å²) >= 11 is 0. The van der Waals surface area contributed by atoms with Crippen molar-refractivity contribution in [3.05, 3.63) is 0 Å². The first-order valence-corrected chi connectivity index (χ1v) is 5.02. The van der Waals surface area contributed by atoms with Gasteiger partial charge < -0.3 is 4.74 Å². The van der Waals surface area contributed by atoms with Crippen LogP contribution in [0.4, 0.5) is 0 Å². The number of carbonyl (C=O) groups excluding carboxylic acids is 1. The maximum Gasteiger partial charge on any atom is 0.305 e. The van der Waals surface area contributed by atoms with Gasteiger partial charge in [0.15, 0.2) is 0 Å². The van der Waals surface area contributed by atoms with Gasteiger partial charge in [-0.15, -0.1) is 0 Å². The van der Waals surface area contributed by atoms with Crippen molar-refractivity contribution in [1.82, 2.24) is 0 Å². The molecule has 1 aliphatic rings. The third kappa shape index (κ3) is 3.02. The largest absolute Gasteiger partial charge is 0.469 e. The van der Waals surface area contributed by atoms with E-state index < -0.39 is 0 Å². The van der Waals surface area contributed by atoms with Crippen LogP contribution in [0.3, 0.4) is 0 Å². The van der Waals surface area contributed by atoms with Crippen LogP contribution < -0.4 is 0 Å². The van der Waals surface area contributed by atoms with Crippen molar-refractivity contribution in [2.75, 3.05) is 7.11 Å². The van der Waals surface area contributed by atoms with Crippen LogP contribution in [0.1, 0.15) is 40.0 Å². The molecule has 0 heterocycles. The van der Waals surface area contributed by atoms with Gasteiger partial charge in [0.25, 0.3) is 0 Å². The molecule has 76 valence electrons. The minimum atomic E-state index is -0.0699. The molecule has 1 aliphatic carbocycles. The first kappa shape index (κ1) is 10.6. The van der Waals surface area contributed by atoms with Crippen LogP contribution in [0.15, 0.2) is 0 Å². The van der Waals surface area contributed by atoms with Crippen LogP contribution in [0, 0.1) is 17.3 Å². The topological polar surface area (TPSA) is 26.3 Å². The Morgan fingerprint density at radius 1 is 1.46 bits per heavy atom. The van der Waals surface area contributed by atoms with E-state index in [0.29, 0.717) is 11.8 Å². The Hall–Kier alpha value is -0.530. The van der Waals surface area contributed by atoms with Crippen LogP contribution in [0.2, 0.25) is 0 Å². The zero-order valence-corrected chi connectivity index (χ0v) is 9.09. The highest BCUT2D eigenvalue weighted by Gasteiger charge is 2.44. The summed E-state index contributed by atoms with van der Waals surface area (Å²) < 4.78 is 4.61. The molecule has 0 bridgehead atoms. The first-order valence-electron chi connectivity index (χ1n) is 5.02. The maximum atomic E-state index is 10.9. The Labute approximate surface area is 80.7 Å². The molecule has 13 heavy (non-hydrogen) atoms. The van der Waals surface area contributed by atoms with Crippen LogP contribution in [-0.2, 0) is 9.53 Å². The lowest BCUT2D eigenvalue weighted by Gasteiger charge is -2.17. The van der Waals surface area contributed by atoms with E-state index in [-0.39, 0.29) is 5.97 Å². The molecule has 0 spiro atoms. The van der Waals surface area contributed by atoms with Crippen molar-refractivity contribution >= 4 is 5.97 Å². The van der Waals surface area contributed by atoms with E-state index in [9.17, 15) is 4.79 Å². The van der Waals surface area contributed by atoms with Crippen LogP contribution in [0.25, 0.3) is 0 Å². The molecule has 2 heteroatoms. The van der Waals surface area contributed by atoms with E-state index in [4.69, 9.17) is 0 Å². The standard InChI is InChI=1S/C11H20O2/c1-11(2,3)9-7-8(9)5-6-10(12)13-4/h8-9H,5-7H2,1-4H3/t8-,9-/m1/s1. The zero-order valence-electron chi connectivity index (χ0n) is 9.09. The molecule has 1 fully saturated rings. The van der Waals surface area contributed by atoms with Gasteiger partial charge in [-0.2, -0.15) is 0 Å². The molecule has 0 aliphatic heterocycles. The van der Waals surface area contributed by atoms with E-state index >= 15 is 0 Å². The van der Waals surface area contributed by atoms with E-state index in [2.05, 4.69) is 25.5 Å². The lowest BCUT2D eigenvalue weighted by atomic mass is 9.88. The van der Waals surface area contributed by atoms with E-state index in [1.807, 2.05) is 0 Å². The molecule has 0 aromatic rings. The predicted molar refractivity (Wildman–Crippen MR) is 52.3 cm³/mol. The van der Waals surface area contributed by atoms with Crippen molar-refractivity contribution in [2.45, 2.75) is 40.0 Å². The summed E-state index contributed by atoms with van der Waals surface area (Å²) in [6.45, 7) is 6.82. The number of ether oxygens (including phenoxy) is 1. The van der Waals surface area contributed by atoms with Gasteiger partial charge in [0, 0.05) is 6.42 Å². The van der Waals surface area contributed by atoms with Crippen molar-refractivity contribution in [3.63, 3.8) is 0 Å². The van der Waals surface area contributed by atoms with E-state index in [0.717, 1.165) is 18.3 Å². The fourth-order valence-electron chi connectivity index (χ4n) is 2.03. The van der Waals surface area contributed by atoms with Gasteiger partial charge in [-0.1, -0.05) is 20.8 Å². The number of hydrogen-bond donors (Lipinski definition) is 0. The molecule has 2 atom stereocenters. The number of carbonyl (C=O) groups is 1. The molecule has 1 rings (SSSR count). The Bertz CT molecular complexity index is 191. The molecular formula is C11H20O2. The Kier molecular flexibility index (Phi) is 2.99. The highest BCUT2D eigenvalue weighted by atomic mass is 16.5. The highest BCUT2D eigenvalue weighted by molar-refractivity contribution is 5.69.